The number of carbonyl (C=O) groups is 3. The van der Waals surface area contributed by atoms with Crippen LogP contribution in [0.4, 0.5) is 5.82 Å². The lowest BCUT2D eigenvalue weighted by Crippen LogP contribution is -2.52. The number of hydrogen-bond donors (Lipinski definition) is 4. The van der Waals surface area contributed by atoms with E-state index in [1.165, 1.54) is 0 Å². The first-order valence-corrected chi connectivity index (χ1v) is 9.85. The Balaban J connectivity index is 1.34. The van der Waals surface area contributed by atoms with E-state index in [1.54, 1.807) is 4.90 Å². The van der Waals surface area contributed by atoms with Gasteiger partial charge in [0.25, 0.3) is 5.91 Å². The van der Waals surface area contributed by atoms with Crippen LogP contribution in [0.5, 0.6) is 0 Å². The van der Waals surface area contributed by atoms with Gasteiger partial charge in [0.05, 0.1) is 6.20 Å². The van der Waals surface area contributed by atoms with Crippen LogP contribution in [0.25, 0.3) is 0 Å². The van der Waals surface area contributed by atoms with Crippen molar-refractivity contribution in [3.05, 3.63) is 46.6 Å². The van der Waals surface area contributed by atoms with Crippen LogP contribution in [0.1, 0.15) is 45.8 Å². The van der Waals surface area contributed by atoms with Crippen molar-refractivity contribution >= 4 is 23.5 Å². The molecule has 0 saturated carbocycles. The number of piperidine rings is 1. The molecular weight excluding hydrogens is 372 g/mol. The topological polar surface area (TPSA) is 119 Å². The van der Waals surface area contributed by atoms with E-state index in [0.717, 1.165) is 35.6 Å². The summed E-state index contributed by atoms with van der Waals surface area (Å²) in [4.78, 5) is 38.4. The molecule has 150 valence electrons. The van der Waals surface area contributed by atoms with E-state index in [9.17, 15) is 14.4 Å². The normalized spacial score (nSPS) is 21.7. The van der Waals surface area contributed by atoms with Crippen molar-refractivity contribution in [3.8, 4) is 0 Å². The molecule has 0 aliphatic carbocycles. The highest BCUT2D eigenvalue weighted by molar-refractivity contribution is 6.06. The van der Waals surface area contributed by atoms with E-state index in [-0.39, 0.29) is 18.2 Å². The van der Waals surface area contributed by atoms with Gasteiger partial charge in [0.2, 0.25) is 11.8 Å². The van der Waals surface area contributed by atoms with Gasteiger partial charge in [-0.15, -0.1) is 0 Å². The molecule has 4 heterocycles. The SMILES string of the molecule is O=C1CCC(N2Cc3cccc(CNc4[nH]ncc4C4CNC4)c3C2=O)C(=O)N1. The molecule has 5 rings (SSSR count). The number of aromatic nitrogens is 2. The molecule has 4 N–H and O–H groups in total. The van der Waals surface area contributed by atoms with Crippen molar-refractivity contribution in [1.29, 1.82) is 0 Å². The number of aromatic amines is 1. The number of benzene rings is 1. The maximum Gasteiger partial charge on any atom is 0.255 e. The number of amides is 3. The summed E-state index contributed by atoms with van der Waals surface area (Å²) >= 11 is 0. The zero-order valence-corrected chi connectivity index (χ0v) is 15.8. The first-order valence-electron chi connectivity index (χ1n) is 9.85. The number of hydrogen-bond acceptors (Lipinski definition) is 6. The van der Waals surface area contributed by atoms with Gasteiger partial charge in [-0.3, -0.25) is 24.8 Å². The Kier molecular flexibility index (Phi) is 4.31. The van der Waals surface area contributed by atoms with Crippen LogP contribution in [-0.2, 0) is 22.7 Å². The molecule has 9 heteroatoms. The van der Waals surface area contributed by atoms with E-state index >= 15 is 0 Å². The Hall–Kier alpha value is -3.20. The lowest BCUT2D eigenvalue weighted by atomic mass is 9.96. The van der Waals surface area contributed by atoms with Gasteiger partial charge in [0.1, 0.15) is 11.9 Å². The van der Waals surface area contributed by atoms with Crippen molar-refractivity contribution < 1.29 is 14.4 Å². The van der Waals surface area contributed by atoms with E-state index < -0.39 is 11.9 Å². The fourth-order valence-electron chi connectivity index (χ4n) is 4.28. The number of rotatable bonds is 5. The summed E-state index contributed by atoms with van der Waals surface area (Å²) in [6.07, 6.45) is 2.47. The van der Waals surface area contributed by atoms with Crippen molar-refractivity contribution in [2.24, 2.45) is 0 Å². The van der Waals surface area contributed by atoms with Gasteiger partial charge in [-0.1, -0.05) is 18.2 Å². The zero-order chi connectivity index (χ0) is 20.0. The van der Waals surface area contributed by atoms with Gasteiger partial charge < -0.3 is 15.5 Å². The number of carbonyl (C=O) groups excluding carboxylic acids is 3. The molecular formula is C20H22N6O3. The summed E-state index contributed by atoms with van der Waals surface area (Å²) in [7, 11) is 0. The molecule has 0 bridgehead atoms. The minimum absolute atomic E-state index is 0.153. The van der Waals surface area contributed by atoms with Gasteiger partial charge >= 0.3 is 0 Å². The van der Waals surface area contributed by atoms with Crippen LogP contribution in [0.2, 0.25) is 0 Å². The predicted molar refractivity (Wildman–Crippen MR) is 104 cm³/mol. The number of nitrogens with one attached hydrogen (secondary N) is 4. The van der Waals surface area contributed by atoms with Crippen molar-refractivity contribution in [2.45, 2.75) is 37.9 Å². The van der Waals surface area contributed by atoms with Crippen molar-refractivity contribution in [1.82, 2.24) is 25.7 Å². The van der Waals surface area contributed by atoms with Crippen LogP contribution in [-0.4, -0.2) is 52.0 Å². The lowest BCUT2D eigenvalue weighted by Gasteiger charge is -2.29. The Labute approximate surface area is 167 Å². The second-order valence-corrected chi connectivity index (χ2v) is 7.76. The molecule has 29 heavy (non-hydrogen) atoms. The van der Waals surface area contributed by atoms with Crippen LogP contribution < -0.4 is 16.0 Å². The number of imide groups is 1. The fourth-order valence-corrected chi connectivity index (χ4v) is 4.28. The summed E-state index contributed by atoms with van der Waals surface area (Å²) in [6, 6.07) is 5.18. The molecule has 1 aromatic carbocycles. The third kappa shape index (κ3) is 3.07. The first kappa shape index (κ1) is 17.9. The molecule has 3 aliphatic heterocycles. The maximum absolute atomic E-state index is 13.1. The highest BCUT2D eigenvalue weighted by Gasteiger charge is 2.39. The Morgan fingerprint density at radius 2 is 2.07 bits per heavy atom. The van der Waals surface area contributed by atoms with Crippen molar-refractivity contribution in [3.63, 3.8) is 0 Å². The Morgan fingerprint density at radius 1 is 1.21 bits per heavy atom. The van der Waals surface area contributed by atoms with E-state index in [2.05, 4.69) is 26.1 Å². The Morgan fingerprint density at radius 3 is 2.83 bits per heavy atom. The summed E-state index contributed by atoms with van der Waals surface area (Å²) in [6.45, 7) is 2.74. The number of nitrogens with zero attached hydrogens (tertiary/aromatic N) is 2. The minimum atomic E-state index is -0.598. The standard InChI is InChI=1S/C20H22N6O3/c27-16-5-4-15(19(28)24-16)26-10-12-3-1-2-11(17(12)20(26)29)8-22-18-14(9-23-25-18)13-6-21-7-13/h1-3,9,13,15,21H,4-8,10H2,(H2,22,23,25)(H,24,27,28). The average Bonchev–Trinajstić information content (AvgIpc) is 3.24. The van der Waals surface area contributed by atoms with Gasteiger partial charge in [0.15, 0.2) is 0 Å². The molecule has 2 saturated heterocycles. The lowest BCUT2D eigenvalue weighted by molar-refractivity contribution is -0.136. The summed E-state index contributed by atoms with van der Waals surface area (Å²) in [5.41, 5.74) is 3.59. The predicted octanol–water partition coefficient (Wildman–Crippen LogP) is 0.470. The molecule has 1 atom stereocenters. The zero-order valence-electron chi connectivity index (χ0n) is 15.8. The molecule has 9 nitrogen and oxygen atoms in total. The van der Waals surface area contributed by atoms with Gasteiger partial charge in [0, 0.05) is 49.6 Å². The highest BCUT2D eigenvalue weighted by atomic mass is 16.2. The van der Waals surface area contributed by atoms with E-state index in [1.807, 2.05) is 24.4 Å². The maximum atomic E-state index is 13.1. The molecule has 1 unspecified atom stereocenters. The third-order valence-electron chi connectivity index (χ3n) is 5.98. The van der Waals surface area contributed by atoms with Gasteiger partial charge in [-0.2, -0.15) is 5.10 Å². The first-order chi connectivity index (χ1) is 14.1. The molecule has 1 aromatic heterocycles. The minimum Gasteiger partial charge on any atom is -0.366 e. The monoisotopic (exact) mass is 394 g/mol. The van der Waals surface area contributed by atoms with Crippen molar-refractivity contribution in [2.75, 3.05) is 18.4 Å². The van der Waals surface area contributed by atoms with Crippen LogP contribution >= 0.6 is 0 Å². The number of H-pyrrole nitrogens is 1. The van der Waals surface area contributed by atoms with Crippen LogP contribution in [0.15, 0.2) is 24.4 Å². The average molecular weight is 394 g/mol. The number of anilines is 1. The largest absolute Gasteiger partial charge is 0.366 e. The molecule has 2 fully saturated rings. The van der Waals surface area contributed by atoms with E-state index in [4.69, 9.17) is 0 Å². The van der Waals surface area contributed by atoms with Crippen LogP contribution in [0.3, 0.4) is 0 Å². The Bertz CT molecular complexity index is 996. The fraction of sp³-hybridized carbons (Fsp3) is 0.400. The second kappa shape index (κ2) is 7.00. The summed E-state index contributed by atoms with van der Waals surface area (Å²) < 4.78 is 0. The van der Waals surface area contributed by atoms with Gasteiger partial charge in [-0.05, 0) is 17.5 Å². The molecule has 3 amide bonds. The third-order valence-corrected chi connectivity index (χ3v) is 5.98. The van der Waals surface area contributed by atoms with Crippen LogP contribution in [0, 0.1) is 0 Å². The quantitative estimate of drug-likeness (QED) is 0.548. The summed E-state index contributed by atoms with van der Waals surface area (Å²) in [5, 5.41) is 16.1. The molecule has 3 aliphatic rings. The number of fused-ring (bicyclic) bond motifs is 1. The molecule has 0 radical (unpaired) electrons. The van der Waals surface area contributed by atoms with Gasteiger partial charge in [-0.25, -0.2) is 0 Å². The summed E-state index contributed by atoms with van der Waals surface area (Å²) in [5.74, 6) is 0.500. The highest BCUT2D eigenvalue weighted by Crippen LogP contribution is 2.31. The van der Waals surface area contributed by atoms with E-state index in [0.29, 0.717) is 31.0 Å². The smallest absolute Gasteiger partial charge is 0.255 e. The molecule has 2 aromatic rings. The second-order valence-electron chi connectivity index (χ2n) is 7.76. The molecule has 0 spiro atoms.